The standard InChI is InChI=1S/C22H16FN3O3/c1-29-22(28)15-4-2-3-14(11-15)21(27)24-17-9-10-19-18(12-17)20(26-25-19)13-5-7-16(23)8-6-13/h2-12H,1H3,(H,24,27)(H,25,26). The van der Waals surface area contributed by atoms with Crippen molar-refractivity contribution in [1.29, 1.82) is 0 Å². The van der Waals surface area contributed by atoms with E-state index >= 15 is 0 Å². The third kappa shape index (κ3) is 3.70. The molecule has 6 nitrogen and oxygen atoms in total. The highest BCUT2D eigenvalue weighted by Crippen LogP contribution is 2.28. The number of amides is 1. The average Bonchev–Trinajstić information content (AvgIpc) is 3.17. The van der Waals surface area contributed by atoms with Gasteiger partial charge in [-0.05, 0) is 60.7 Å². The molecule has 0 saturated carbocycles. The molecule has 4 aromatic rings. The lowest BCUT2D eigenvalue weighted by Gasteiger charge is -2.07. The summed E-state index contributed by atoms with van der Waals surface area (Å²) in [4.78, 5) is 24.3. The van der Waals surface area contributed by atoms with E-state index in [-0.39, 0.29) is 11.7 Å². The Morgan fingerprint density at radius 3 is 2.52 bits per heavy atom. The second-order valence-corrected chi connectivity index (χ2v) is 6.37. The Labute approximate surface area is 165 Å². The molecule has 1 heterocycles. The van der Waals surface area contributed by atoms with Gasteiger partial charge < -0.3 is 10.1 Å². The van der Waals surface area contributed by atoms with Gasteiger partial charge in [0.25, 0.3) is 5.91 Å². The lowest BCUT2D eigenvalue weighted by molar-refractivity contribution is 0.0600. The lowest BCUT2D eigenvalue weighted by Crippen LogP contribution is -2.13. The van der Waals surface area contributed by atoms with Crippen molar-refractivity contribution in [1.82, 2.24) is 10.2 Å². The van der Waals surface area contributed by atoms with Crippen molar-refractivity contribution >= 4 is 28.5 Å². The predicted octanol–water partition coefficient (Wildman–Crippen LogP) is 4.41. The van der Waals surface area contributed by atoms with Crippen LogP contribution in [0, 0.1) is 5.82 Å². The van der Waals surface area contributed by atoms with Crippen molar-refractivity contribution in [2.24, 2.45) is 0 Å². The van der Waals surface area contributed by atoms with Gasteiger partial charge in [0.1, 0.15) is 5.82 Å². The van der Waals surface area contributed by atoms with E-state index in [0.29, 0.717) is 22.5 Å². The molecule has 0 aliphatic heterocycles. The van der Waals surface area contributed by atoms with Crippen LogP contribution in [-0.4, -0.2) is 29.2 Å². The Morgan fingerprint density at radius 2 is 1.76 bits per heavy atom. The summed E-state index contributed by atoms with van der Waals surface area (Å²) in [7, 11) is 1.29. The number of hydrogen-bond acceptors (Lipinski definition) is 4. The number of nitrogens with one attached hydrogen (secondary N) is 2. The smallest absolute Gasteiger partial charge is 0.337 e. The minimum Gasteiger partial charge on any atom is -0.465 e. The Kier molecular flexibility index (Phi) is 4.78. The number of methoxy groups -OCH3 is 1. The molecule has 4 rings (SSSR count). The summed E-state index contributed by atoms with van der Waals surface area (Å²) in [5, 5.41) is 10.8. The average molecular weight is 389 g/mol. The highest BCUT2D eigenvalue weighted by atomic mass is 19.1. The Balaban J connectivity index is 1.63. The third-order valence-corrected chi connectivity index (χ3v) is 4.48. The second kappa shape index (κ2) is 7.55. The van der Waals surface area contributed by atoms with Gasteiger partial charge in [-0.25, -0.2) is 9.18 Å². The number of H-pyrrole nitrogens is 1. The molecule has 144 valence electrons. The van der Waals surface area contributed by atoms with Crippen molar-refractivity contribution in [3.05, 3.63) is 83.7 Å². The van der Waals surface area contributed by atoms with Crippen LogP contribution in [0.5, 0.6) is 0 Å². The number of aromatic nitrogens is 2. The van der Waals surface area contributed by atoms with Crippen LogP contribution in [0.2, 0.25) is 0 Å². The number of benzene rings is 3. The number of rotatable bonds is 4. The van der Waals surface area contributed by atoms with Crippen LogP contribution in [0.15, 0.2) is 66.7 Å². The molecule has 0 atom stereocenters. The first kappa shape index (κ1) is 18.4. The van der Waals surface area contributed by atoms with E-state index in [9.17, 15) is 14.0 Å². The van der Waals surface area contributed by atoms with Gasteiger partial charge in [-0.2, -0.15) is 5.10 Å². The van der Waals surface area contributed by atoms with Gasteiger partial charge >= 0.3 is 5.97 Å². The van der Waals surface area contributed by atoms with Crippen LogP contribution in [0.4, 0.5) is 10.1 Å². The van der Waals surface area contributed by atoms with E-state index in [2.05, 4.69) is 20.3 Å². The van der Waals surface area contributed by atoms with Gasteiger partial charge in [0.15, 0.2) is 0 Å². The predicted molar refractivity (Wildman–Crippen MR) is 107 cm³/mol. The van der Waals surface area contributed by atoms with Crippen LogP contribution in [0.25, 0.3) is 22.2 Å². The van der Waals surface area contributed by atoms with Gasteiger partial charge in [0, 0.05) is 22.2 Å². The summed E-state index contributed by atoms with van der Waals surface area (Å²) in [5.41, 5.74) is 3.39. The number of carbonyl (C=O) groups excluding carboxylic acids is 2. The van der Waals surface area contributed by atoms with E-state index in [1.165, 1.54) is 25.3 Å². The summed E-state index contributed by atoms with van der Waals surface area (Å²) in [5.74, 6) is -1.19. The highest BCUT2D eigenvalue weighted by Gasteiger charge is 2.13. The Morgan fingerprint density at radius 1 is 1.00 bits per heavy atom. The van der Waals surface area contributed by atoms with Crippen LogP contribution in [0.1, 0.15) is 20.7 Å². The second-order valence-electron chi connectivity index (χ2n) is 6.37. The molecule has 0 aliphatic carbocycles. The minimum atomic E-state index is -0.511. The molecule has 0 bridgehead atoms. The van der Waals surface area contributed by atoms with E-state index in [1.54, 1.807) is 48.5 Å². The molecule has 3 aromatic carbocycles. The number of aromatic amines is 1. The first-order chi connectivity index (χ1) is 14.0. The molecule has 0 saturated heterocycles. The summed E-state index contributed by atoms with van der Waals surface area (Å²) < 4.78 is 17.9. The number of carbonyl (C=O) groups is 2. The molecular weight excluding hydrogens is 373 g/mol. The highest BCUT2D eigenvalue weighted by molar-refractivity contribution is 6.07. The molecule has 0 radical (unpaired) electrons. The van der Waals surface area contributed by atoms with Gasteiger partial charge in [-0.3, -0.25) is 9.89 Å². The normalized spacial score (nSPS) is 10.7. The van der Waals surface area contributed by atoms with Crippen LogP contribution >= 0.6 is 0 Å². The van der Waals surface area contributed by atoms with Gasteiger partial charge in [-0.15, -0.1) is 0 Å². The molecule has 2 N–H and O–H groups in total. The summed E-state index contributed by atoms with van der Waals surface area (Å²) in [6, 6.07) is 17.7. The molecule has 0 fully saturated rings. The summed E-state index contributed by atoms with van der Waals surface area (Å²) in [6.45, 7) is 0. The zero-order valence-corrected chi connectivity index (χ0v) is 15.4. The lowest BCUT2D eigenvalue weighted by atomic mass is 10.1. The molecule has 0 spiro atoms. The quantitative estimate of drug-likeness (QED) is 0.507. The first-order valence-electron chi connectivity index (χ1n) is 8.79. The summed E-state index contributed by atoms with van der Waals surface area (Å²) in [6.07, 6.45) is 0. The fourth-order valence-corrected chi connectivity index (χ4v) is 3.03. The van der Waals surface area contributed by atoms with E-state index in [4.69, 9.17) is 0 Å². The molecule has 7 heteroatoms. The maximum atomic E-state index is 13.2. The Hall–Kier alpha value is -4.00. The molecule has 1 aromatic heterocycles. The van der Waals surface area contributed by atoms with Crippen molar-refractivity contribution in [2.75, 3.05) is 12.4 Å². The van der Waals surface area contributed by atoms with Gasteiger partial charge in [-0.1, -0.05) is 6.07 Å². The van der Waals surface area contributed by atoms with Crippen LogP contribution < -0.4 is 5.32 Å². The van der Waals surface area contributed by atoms with Crippen molar-refractivity contribution in [3.8, 4) is 11.3 Å². The maximum absolute atomic E-state index is 13.2. The van der Waals surface area contributed by atoms with E-state index in [0.717, 1.165) is 16.5 Å². The fraction of sp³-hybridized carbons (Fsp3) is 0.0455. The molecule has 0 aliphatic rings. The zero-order valence-electron chi connectivity index (χ0n) is 15.4. The Bertz CT molecular complexity index is 1220. The monoisotopic (exact) mass is 389 g/mol. The van der Waals surface area contributed by atoms with Crippen molar-refractivity contribution in [2.45, 2.75) is 0 Å². The largest absolute Gasteiger partial charge is 0.465 e. The number of esters is 1. The molecule has 0 unspecified atom stereocenters. The van der Waals surface area contributed by atoms with Crippen molar-refractivity contribution in [3.63, 3.8) is 0 Å². The minimum absolute atomic E-state index is 0.295. The van der Waals surface area contributed by atoms with Gasteiger partial charge in [0.2, 0.25) is 0 Å². The fourth-order valence-electron chi connectivity index (χ4n) is 3.03. The number of halogens is 1. The third-order valence-electron chi connectivity index (χ3n) is 4.48. The molecule has 1 amide bonds. The van der Waals surface area contributed by atoms with Crippen LogP contribution in [-0.2, 0) is 4.74 Å². The van der Waals surface area contributed by atoms with E-state index in [1.807, 2.05) is 0 Å². The topological polar surface area (TPSA) is 84.1 Å². The maximum Gasteiger partial charge on any atom is 0.337 e. The molecule has 29 heavy (non-hydrogen) atoms. The molecular formula is C22H16FN3O3. The van der Waals surface area contributed by atoms with Gasteiger partial charge in [0.05, 0.1) is 23.9 Å². The number of nitrogens with zero attached hydrogens (tertiary/aromatic N) is 1. The number of ether oxygens (including phenoxy) is 1. The zero-order chi connectivity index (χ0) is 20.4. The van der Waals surface area contributed by atoms with Crippen molar-refractivity contribution < 1.29 is 18.7 Å². The SMILES string of the molecule is COC(=O)c1cccc(C(=O)Nc2ccc3[nH]nc(-c4ccc(F)cc4)c3c2)c1. The number of hydrogen-bond donors (Lipinski definition) is 2. The van der Waals surface area contributed by atoms with E-state index < -0.39 is 5.97 Å². The summed E-state index contributed by atoms with van der Waals surface area (Å²) >= 11 is 0. The number of fused-ring (bicyclic) bond motifs is 1. The van der Waals surface area contributed by atoms with Crippen LogP contribution in [0.3, 0.4) is 0 Å². The number of anilines is 1. The first-order valence-corrected chi connectivity index (χ1v) is 8.79.